The van der Waals surface area contributed by atoms with Crippen LogP contribution < -0.4 is 4.74 Å². The van der Waals surface area contributed by atoms with E-state index in [0.717, 1.165) is 5.56 Å². The first kappa shape index (κ1) is 11.5. The highest BCUT2D eigenvalue weighted by molar-refractivity contribution is 5.43. The summed E-state index contributed by atoms with van der Waals surface area (Å²) in [5, 5.41) is 9.56. The molecule has 0 amide bonds. The van der Waals surface area contributed by atoms with Crippen molar-refractivity contribution >= 4 is 0 Å². The maximum atomic E-state index is 13.4. The van der Waals surface area contributed by atoms with Gasteiger partial charge in [0.15, 0.2) is 17.3 Å². The molecule has 0 saturated carbocycles. The average Bonchev–Trinajstić information content (AvgIpc) is 2.36. The third-order valence-corrected chi connectivity index (χ3v) is 2.51. The molecule has 0 aliphatic rings. The highest BCUT2D eigenvalue weighted by Gasteiger charge is 2.10. The fraction of sp³-hybridized carbons (Fsp3) is 0.143. The van der Waals surface area contributed by atoms with Crippen LogP contribution in [0.25, 0.3) is 0 Å². The van der Waals surface area contributed by atoms with Crippen LogP contribution in [-0.2, 0) is 6.61 Å². The second-order valence-electron chi connectivity index (χ2n) is 3.82. The van der Waals surface area contributed by atoms with Gasteiger partial charge in [0.05, 0.1) is 0 Å². The minimum absolute atomic E-state index is 0.164. The standard InChI is InChI=1S/C14H13FO2/c1-10-7-8-12(14(16)13(10)15)17-9-11-5-3-2-4-6-11/h2-8,16H,9H2,1H3. The third kappa shape index (κ3) is 2.56. The van der Waals surface area contributed by atoms with Crippen molar-refractivity contribution in [2.75, 3.05) is 0 Å². The van der Waals surface area contributed by atoms with E-state index in [4.69, 9.17) is 4.74 Å². The van der Waals surface area contributed by atoms with E-state index in [2.05, 4.69) is 0 Å². The first-order valence-corrected chi connectivity index (χ1v) is 5.33. The molecule has 0 radical (unpaired) electrons. The molecule has 3 heteroatoms. The fourth-order valence-corrected chi connectivity index (χ4v) is 1.50. The van der Waals surface area contributed by atoms with E-state index in [9.17, 15) is 9.50 Å². The van der Waals surface area contributed by atoms with E-state index in [1.54, 1.807) is 19.1 Å². The molecular formula is C14H13FO2. The largest absolute Gasteiger partial charge is 0.502 e. The monoisotopic (exact) mass is 232 g/mol. The maximum absolute atomic E-state index is 13.4. The number of aryl methyl sites for hydroxylation is 1. The quantitative estimate of drug-likeness (QED) is 0.878. The van der Waals surface area contributed by atoms with E-state index < -0.39 is 11.6 Å². The van der Waals surface area contributed by atoms with Gasteiger partial charge in [0, 0.05) is 0 Å². The number of aromatic hydroxyl groups is 1. The predicted molar refractivity (Wildman–Crippen MR) is 63.6 cm³/mol. The van der Waals surface area contributed by atoms with Gasteiger partial charge in [-0.3, -0.25) is 0 Å². The van der Waals surface area contributed by atoms with Gasteiger partial charge in [-0.1, -0.05) is 36.4 Å². The summed E-state index contributed by atoms with van der Waals surface area (Å²) in [6.07, 6.45) is 0. The van der Waals surface area contributed by atoms with Gasteiger partial charge in [-0.15, -0.1) is 0 Å². The lowest BCUT2D eigenvalue weighted by Gasteiger charge is -2.09. The molecule has 17 heavy (non-hydrogen) atoms. The van der Waals surface area contributed by atoms with Crippen LogP contribution in [0.3, 0.4) is 0 Å². The summed E-state index contributed by atoms with van der Waals surface area (Å²) in [7, 11) is 0. The van der Waals surface area contributed by atoms with Crippen LogP contribution in [0.5, 0.6) is 11.5 Å². The first-order chi connectivity index (χ1) is 8.18. The van der Waals surface area contributed by atoms with Crippen molar-refractivity contribution in [3.05, 3.63) is 59.4 Å². The van der Waals surface area contributed by atoms with Crippen LogP contribution in [-0.4, -0.2) is 5.11 Å². The molecule has 0 heterocycles. The Kier molecular flexibility index (Phi) is 3.28. The molecule has 0 aliphatic heterocycles. The molecule has 0 atom stereocenters. The van der Waals surface area contributed by atoms with Gasteiger partial charge >= 0.3 is 0 Å². The number of halogens is 1. The zero-order valence-corrected chi connectivity index (χ0v) is 9.48. The Morgan fingerprint density at radius 1 is 1.12 bits per heavy atom. The Bertz CT molecular complexity index is 509. The Morgan fingerprint density at radius 3 is 2.53 bits per heavy atom. The lowest BCUT2D eigenvalue weighted by Crippen LogP contribution is -1.96. The van der Waals surface area contributed by atoms with Crippen molar-refractivity contribution in [1.29, 1.82) is 0 Å². The van der Waals surface area contributed by atoms with Gasteiger partial charge in [-0.25, -0.2) is 4.39 Å². The van der Waals surface area contributed by atoms with Crippen LogP contribution in [0.4, 0.5) is 4.39 Å². The number of hydrogen-bond donors (Lipinski definition) is 1. The number of phenolic OH excluding ortho intramolecular Hbond substituents is 1. The normalized spacial score (nSPS) is 10.2. The number of benzene rings is 2. The van der Waals surface area contributed by atoms with Gasteiger partial charge in [0.25, 0.3) is 0 Å². The van der Waals surface area contributed by atoms with Crippen molar-refractivity contribution < 1.29 is 14.2 Å². The molecule has 0 unspecified atom stereocenters. The highest BCUT2D eigenvalue weighted by atomic mass is 19.1. The molecule has 0 fully saturated rings. The fourth-order valence-electron chi connectivity index (χ4n) is 1.50. The van der Waals surface area contributed by atoms with Gasteiger partial charge in [0.2, 0.25) is 0 Å². The molecule has 0 spiro atoms. The van der Waals surface area contributed by atoms with Gasteiger partial charge in [-0.2, -0.15) is 0 Å². The zero-order valence-electron chi connectivity index (χ0n) is 9.48. The second-order valence-corrected chi connectivity index (χ2v) is 3.82. The number of rotatable bonds is 3. The molecular weight excluding hydrogens is 219 g/mol. The second kappa shape index (κ2) is 4.87. The highest BCUT2D eigenvalue weighted by Crippen LogP contribution is 2.31. The lowest BCUT2D eigenvalue weighted by molar-refractivity contribution is 0.283. The van der Waals surface area contributed by atoms with Crippen LogP contribution in [0.2, 0.25) is 0 Å². The molecule has 2 aromatic rings. The molecule has 0 bridgehead atoms. The van der Waals surface area contributed by atoms with E-state index in [-0.39, 0.29) is 5.75 Å². The number of ether oxygens (including phenoxy) is 1. The van der Waals surface area contributed by atoms with Crippen molar-refractivity contribution in [3.8, 4) is 11.5 Å². The third-order valence-electron chi connectivity index (χ3n) is 2.51. The molecule has 2 rings (SSSR count). The van der Waals surface area contributed by atoms with Crippen molar-refractivity contribution in [2.45, 2.75) is 13.5 Å². The van der Waals surface area contributed by atoms with Crippen molar-refractivity contribution in [2.24, 2.45) is 0 Å². The van der Waals surface area contributed by atoms with Crippen LogP contribution in [0.15, 0.2) is 42.5 Å². The Balaban J connectivity index is 2.13. The van der Waals surface area contributed by atoms with Crippen molar-refractivity contribution in [1.82, 2.24) is 0 Å². The maximum Gasteiger partial charge on any atom is 0.194 e. The minimum atomic E-state index is -0.629. The Labute approximate surface area is 99.3 Å². The summed E-state index contributed by atoms with van der Waals surface area (Å²) in [5.41, 5.74) is 1.36. The molecule has 0 aliphatic carbocycles. The SMILES string of the molecule is Cc1ccc(OCc2ccccc2)c(O)c1F. The van der Waals surface area contributed by atoms with E-state index in [0.29, 0.717) is 12.2 Å². The summed E-state index contributed by atoms with van der Waals surface area (Å²) in [5.74, 6) is -0.895. The predicted octanol–water partition coefficient (Wildman–Crippen LogP) is 3.42. The van der Waals surface area contributed by atoms with E-state index in [1.807, 2.05) is 30.3 Å². The molecule has 1 N–H and O–H groups in total. The summed E-state index contributed by atoms with van der Waals surface area (Å²) >= 11 is 0. The first-order valence-electron chi connectivity index (χ1n) is 5.33. The molecule has 0 saturated heterocycles. The summed E-state index contributed by atoms with van der Waals surface area (Å²) < 4.78 is 18.8. The molecule has 2 aromatic carbocycles. The molecule has 2 nitrogen and oxygen atoms in total. The van der Waals surface area contributed by atoms with E-state index in [1.165, 1.54) is 0 Å². The lowest BCUT2D eigenvalue weighted by atomic mass is 10.2. The zero-order chi connectivity index (χ0) is 12.3. The van der Waals surface area contributed by atoms with E-state index >= 15 is 0 Å². The van der Waals surface area contributed by atoms with Gasteiger partial charge in [0.1, 0.15) is 6.61 Å². The summed E-state index contributed by atoms with van der Waals surface area (Å²) in [6, 6.07) is 12.7. The minimum Gasteiger partial charge on any atom is -0.502 e. The van der Waals surface area contributed by atoms with Crippen LogP contribution in [0, 0.1) is 12.7 Å². The summed E-state index contributed by atoms with van der Waals surface area (Å²) in [6.45, 7) is 1.90. The summed E-state index contributed by atoms with van der Waals surface area (Å²) in [4.78, 5) is 0. The Morgan fingerprint density at radius 2 is 1.82 bits per heavy atom. The van der Waals surface area contributed by atoms with Gasteiger partial charge < -0.3 is 9.84 Å². The molecule has 0 aromatic heterocycles. The topological polar surface area (TPSA) is 29.5 Å². The average molecular weight is 232 g/mol. The Hall–Kier alpha value is -2.03. The molecule has 88 valence electrons. The number of phenols is 1. The van der Waals surface area contributed by atoms with Gasteiger partial charge in [-0.05, 0) is 24.1 Å². The van der Waals surface area contributed by atoms with Crippen LogP contribution in [0.1, 0.15) is 11.1 Å². The van der Waals surface area contributed by atoms with Crippen molar-refractivity contribution in [3.63, 3.8) is 0 Å². The smallest absolute Gasteiger partial charge is 0.194 e. The number of hydrogen-bond acceptors (Lipinski definition) is 2. The van der Waals surface area contributed by atoms with Crippen LogP contribution >= 0.6 is 0 Å².